The fraction of sp³-hybridized carbons (Fsp3) is 1.00. The fourth-order valence-electron chi connectivity index (χ4n) is 1.27. The molecule has 0 aliphatic rings. The molecule has 0 radical (unpaired) electrons. The first-order valence-corrected chi connectivity index (χ1v) is 6.16. The molecule has 2 N–H and O–H groups in total. The van der Waals surface area contributed by atoms with E-state index in [-0.39, 0.29) is 12.1 Å². The zero-order chi connectivity index (χ0) is 10.3. The Morgan fingerprint density at radius 1 is 1.46 bits per heavy atom. The van der Waals surface area contributed by atoms with Crippen molar-refractivity contribution < 1.29 is 5.11 Å². The van der Waals surface area contributed by atoms with Crippen LogP contribution in [0.25, 0.3) is 0 Å². The van der Waals surface area contributed by atoms with Gasteiger partial charge in [-0.05, 0) is 19.1 Å². The lowest BCUT2D eigenvalue weighted by atomic mass is 10.1. The van der Waals surface area contributed by atoms with Crippen molar-refractivity contribution in [2.24, 2.45) is 0 Å². The van der Waals surface area contributed by atoms with E-state index in [1.807, 2.05) is 11.8 Å². The summed E-state index contributed by atoms with van der Waals surface area (Å²) in [7, 11) is 0. The Balaban J connectivity index is 3.81. The van der Waals surface area contributed by atoms with Gasteiger partial charge in [-0.2, -0.15) is 11.8 Å². The second kappa shape index (κ2) is 6.68. The lowest BCUT2D eigenvalue weighted by molar-refractivity contribution is 0.183. The van der Waals surface area contributed by atoms with Gasteiger partial charge in [0, 0.05) is 17.3 Å². The van der Waals surface area contributed by atoms with Crippen LogP contribution < -0.4 is 5.32 Å². The number of thioether (sulfide) groups is 1. The summed E-state index contributed by atoms with van der Waals surface area (Å²) in [5, 5.41) is 12.7. The lowest BCUT2D eigenvalue weighted by Gasteiger charge is -2.30. The first-order valence-electron chi connectivity index (χ1n) is 5.00. The monoisotopic (exact) mass is 205 g/mol. The van der Waals surface area contributed by atoms with Crippen LogP contribution in [-0.2, 0) is 0 Å². The van der Waals surface area contributed by atoms with Crippen molar-refractivity contribution in [2.45, 2.75) is 45.7 Å². The third-order valence-electron chi connectivity index (χ3n) is 1.76. The summed E-state index contributed by atoms with van der Waals surface area (Å²) in [6.45, 7) is 8.69. The normalized spacial score (nSPS) is 16.2. The largest absolute Gasteiger partial charge is 0.394 e. The molecule has 0 saturated carbocycles. The van der Waals surface area contributed by atoms with E-state index in [1.54, 1.807) is 0 Å². The maximum absolute atomic E-state index is 9.26. The van der Waals surface area contributed by atoms with Crippen LogP contribution in [0.4, 0.5) is 0 Å². The number of hydrogen-bond acceptors (Lipinski definition) is 3. The van der Waals surface area contributed by atoms with Crippen LogP contribution in [-0.4, -0.2) is 34.8 Å². The van der Waals surface area contributed by atoms with Crippen molar-refractivity contribution in [3.8, 4) is 0 Å². The van der Waals surface area contributed by atoms with Crippen LogP contribution in [0.1, 0.15) is 34.1 Å². The average Bonchev–Trinajstić information content (AvgIpc) is 2.04. The zero-order valence-electron chi connectivity index (χ0n) is 9.26. The molecule has 0 heterocycles. The number of hydrogen-bond donors (Lipinski definition) is 2. The molecule has 0 aliphatic heterocycles. The molecule has 1 unspecified atom stereocenters. The topological polar surface area (TPSA) is 32.3 Å². The van der Waals surface area contributed by atoms with E-state index in [0.717, 1.165) is 5.75 Å². The first-order chi connectivity index (χ1) is 6.04. The summed E-state index contributed by atoms with van der Waals surface area (Å²) in [5.41, 5.74) is -0.117. The van der Waals surface area contributed by atoms with Crippen molar-refractivity contribution >= 4 is 11.8 Å². The van der Waals surface area contributed by atoms with E-state index in [9.17, 15) is 5.11 Å². The highest BCUT2D eigenvalue weighted by molar-refractivity contribution is 7.99. The Hall–Kier alpha value is 0.270. The second-order valence-electron chi connectivity index (χ2n) is 4.07. The van der Waals surface area contributed by atoms with E-state index in [2.05, 4.69) is 33.0 Å². The highest BCUT2D eigenvalue weighted by atomic mass is 32.2. The maximum Gasteiger partial charge on any atom is 0.0618 e. The van der Waals surface area contributed by atoms with Crippen molar-refractivity contribution in [3.05, 3.63) is 0 Å². The minimum Gasteiger partial charge on any atom is -0.394 e. The van der Waals surface area contributed by atoms with Crippen LogP contribution in [0.5, 0.6) is 0 Å². The van der Waals surface area contributed by atoms with E-state index < -0.39 is 0 Å². The maximum atomic E-state index is 9.26. The molecule has 2 nitrogen and oxygen atoms in total. The first kappa shape index (κ1) is 13.3. The molecule has 0 aromatic rings. The van der Waals surface area contributed by atoms with Crippen LogP contribution in [0, 0.1) is 0 Å². The third-order valence-corrected chi connectivity index (χ3v) is 3.29. The molecule has 0 bridgehead atoms. The van der Waals surface area contributed by atoms with Gasteiger partial charge in [0.2, 0.25) is 0 Å². The van der Waals surface area contributed by atoms with E-state index in [1.165, 1.54) is 12.2 Å². The summed E-state index contributed by atoms with van der Waals surface area (Å²) >= 11 is 1.90. The Bertz CT molecular complexity index is 130. The van der Waals surface area contributed by atoms with Gasteiger partial charge in [-0.25, -0.2) is 0 Å². The van der Waals surface area contributed by atoms with Crippen molar-refractivity contribution in [2.75, 3.05) is 18.1 Å². The molecule has 1 atom stereocenters. The molecule has 0 saturated heterocycles. The van der Waals surface area contributed by atoms with Crippen LogP contribution >= 0.6 is 11.8 Å². The quantitative estimate of drug-likeness (QED) is 0.622. The Morgan fingerprint density at radius 3 is 2.46 bits per heavy atom. The molecule has 0 amide bonds. The van der Waals surface area contributed by atoms with E-state index >= 15 is 0 Å². The average molecular weight is 205 g/mol. The summed E-state index contributed by atoms with van der Waals surface area (Å²) < 4.78 is 0. The van der Waals surface area contributed by atoms with Gasteiger partial charge in [-0.1, -0.05) is 20.8 Å². The number of aliphatic hydroxyl groups is 1. The van der Waals surface area contributed by atoms with Gasteiger partial charge < -0.3 is 10.4 Å². The lowest BCUT2D eigenvalue weighted by Crippen LogP contribution is -2.51. The van der Waals surface area contributed by atoms with Crippen molar-refractivity contribution in [1.29, 1.82) is 0 Å². The summed E-state index contributed by atoms with van der Waals surface area (Å²) in [6, 6.07) is 0.430. The summed E-state index contributed by atoms with van der Waals surface area (Å²) in [5.74, 6) is 2.16. The summed E-state index contributed by atoms with van der Waals surface area (Å²) in [6.07, 6.45) is 1.20. The molecular formula is C10H23NOS. The Kier molecular flexibility index (Phi) is 6.82. The molecule has 0 aromatic carbocycles. The molecule has 0 aromatic heterocycles. The Labute approximate surface area is 86.5 Å². The Morgan fingerprint density at radius 2 is 2.08 bits per heavy atom. The predicted octanol–water partition coefficient (Wildman–Crippen LogP) is 1.88. The summed E-state index contributed by atoms with van der Waals surface area (Å²) in [4.78, 5) is 0. The molecular weight excluding hydrogens is 182 g/mol. The van der Waals surface area contributed by atoms with Crippen LogP contribution in [0.2, 0.25) is 0 Å². The molecule has 3 heteroatoms. The second-order valence-corrected chi connectivity index (χ2v) is 5.18. The van der Waals surface area contributed by atoms with Gasteiger partial charge in [0.1, 0.15) is 0 Å². The molecule has 0 fully saturated rings. The molecule has 0 rings (SSSR count). The smallest absolute Gasteiger partial charge is 0.0618 e. The highest BCUT2D eigenvalue weighted by Gasteiger charge is 2.23. The van der Waals surface area contributed by atoms with Crippen LogP contribution in [0.15, 0.2) is 0 Å². The van der Waals surface area contributed by atoms with Gasteiger partial charge in [0.15, 0.2) is 0 Å². The van der Waals surface area contributed by atoms with Gasteiger partial charge in [-0.3, -0.25) is 0 Å². The number of aliphatic hydroxyl groups excluding tert-OH is 1. The molecule has 80 valence electrons. The molecule has 13 heavy (non-hydrogen) atoms. The minimum absolute atomic E-state index is 0.117. The number of nitrogens with one attached hydrogen (secondary N) is 1. The fourth-order valence-corrected chi connectivity index (χ4v) is 2.33. The standard InChI is InChI=1S/C10H23NOS/c1-5-6-13-8-10(4,7-12)11-9(2)3/h9,11-12H,5-8H2,1-4H3. The molecule has 0 spiro atoms. The van der Waals surface area contributed by atoms with Gasteiger partial charge in [-0.15, -0.1) is 0 Å². The van der Waals surface area contributed by atoms with E-state index in [0.29, 0.717) is 6.04 Å². The van der Waals surface area contributed by atoms with E-state index in [4.69, 9.17) is 0 Å². The molecule has 0 aliphatic carbocycles. The van der Waals surface area contributed by atoms with Crippen molar-refractivity contribution in [1.82, 2.24) is 5.32 Å². The van der Waals surface area contributed by atoms with Gasteiger partial charge in [0.05, 0.1) is 6.61 Å². The van der Waals surface area contributed by atoms with Gasteiger partial charge in [0.25, 0.3) is 0 Å². The SMILES string of the molecule is CCCSCC(C)(CO)NC(C)C. The predicted molar refractivity (Wildman–Crippen MR) is 61.4 cm³/mol. The zero-order valence-corrected chi connectivity index (χ0v) is 10.1. The minimum atomic E-state index is -0.117. The van der Waals surface area contributed by atoms with Gasteiger partial charge >= 0.3 is 0 Å². The number of rotatable bonds is 7. The van der Waals surface area contributed by atoms with Crippen molar-refractivity contribution in [3.63, 3.8) is 0 Å². The van der Waals surface area contributed by atoms with Crippen LogP contribution in [0.3, 0.4) is 0 Å². The third kappa shape index (κ3) is 6.36. The highest BCUT2D eigenvalue weighted by Crippen LogP contribution is 2.14.